The fourth-order valence-corrected chi connectivity index (χ4v) is 2.34. The van der Waals surface area contributed by atoms with Crippen molar-refractivity contribution < 1.29 is 18.7 Å². The van der Waals surface area contributed by atoms with Gasteiger partial charge in [0.1, 0.15) is 11.6 Å². The molecule has 2 aromatic rings. The third kappa shape index (κ3) is 4.50. The van der Waals surface area contributed by atoms with Crippen LogP contribution in [-0.4, -0.2) is 18.4 Å². The first-order valence-corrected chi connectivity index (χ1v) is 7.58. The second-order valence-electron chi connectivity index (χ2n) is 4.59. The minimum Gasteiger partial charge on any atom is -0.482 e. The highest BCUT2D eigenvalue weighted by molar-refractivity contribution is 6.43. The van der Waals surface area contributed by atoms with Crippen LogP contribution in [0, 0.1) is 5.82 Å². The summed E-state index contributed by atoms with van der Waals surface area (Å²) in [5.41, 5.74) is 4.90. The smallest absolute Gasteiger partial charge is 0.262 e. The van der Waals surface area contributed by atoms with Crippen LogP contribution in [0.5, 0.6) is 5.75 Å². The molecule has 2 amide bonds. The Kier molecular flexibility index (Phi) is 5.88. The quantitative estimate of drug-likeness (QED) is 0.758. The van der Waals surface area contributed by atoms with Crippen LogP contribution in [0.4, 0.5) is 10.1 Å². The van der Waals surface area contributed by atoms with Crippen molar-refractivity contribution in [3.8, 4) is 5.75 Å². The van der Waals surface area contributed by atoms with Gasteiger partial charge in [-0.1, -0.05) is 34.8 Å². The topological polar surface area (TPSA) is 81.4 Å². The zero-order valence-electron chi connectivity index (χ0n) is 11.9. The van der Waals surface area contributed by atoms with Gasteiger partial charge in [-0.15, -0.1) is 0 Å². The minimum absolute atomic E-state index is 0.179. The largest absolute Gasteiger partial charge is 0.482 e. The fraction of sp³-hybridized carbons (Fsp3) is 0.0667. The van der Waals surface area contributed by atoms with E-state index in [-0.39, 0.29) is 38.7 Å². The van der Waals surface area contributed by atoms with Crippen molar-refractivity contribution in [1.29, 1.82) is 0 Å². The van der Waals surface area contributed by atoms with Crippen LogP contribution in [0.2, 0.25) is 15.1 Å². The summed E-state index contributed by atoms with van der Waals surface area (Å²) in [5, 5.41) is 3.11. The summed E-state index contributed by atoms with van der Waals surface area (Å²) in [6, 6.07) is 6.19. The molecule has 0 saturated heterocycles. The third-order valence-electron chi connectivity index (χ3n) is 2.85. The molecule has 0 aliphatic rings. The van der Waals surface area contributed by atoms with Crippen LogP contribution in [0.3, 0.4) is 0 Å². The molecule has 126 valence electrons. The molecule has 0 heterocycles. The van der Waals surface area contributed by atoms with Gasteiger partial charge in [-0.25, -0.2) is 4.39 Å². The maximum atomic E-state index is 13.4. The Bertz CT molecular complexity index is 815. The van der Waals surface area contributed by atoms with E-state index in [1.807, 2.05) is 0 Å². The van der Waals surface area contributed by atoms with E-state index in [1.165, 1.54) is 18.2 Å². The van der Waals surface area contributed by atoms with Gasteiger partial charge in [-0.05, 0) is 24.3 Å². The Morgan fingerprint density at radius 1 is 1.08 bits per heavy atom. The fourth-order valence-electron chi connectivity index (χ4n) is 1.75. The van der Waals surface area contributed by atoms with Gasteiger partial charge in [-0.3, -0.25) is 9.59 Å². The summed E-state index contributed by atoms with van der Waals surface area (Å²) >= 11 is 17.6. The maximum absolute atomic E-state index is 13.4. The van der Waals surface area contributed by atoms with Crippen LogP contribution < -0.4 is 15.8 Å². The van der Waals surface area contributed by atoms with Crippen molar-refractivity contribution in [2.45, 2.75) is 0 Å². The first-order chi connectivity index (χ1) is 11.3. The number of primary amides is 1. The van der Waals surface area contributed by atoms with Crippen molar-refractivity contribution >= 4 is 52.3 Å². The van der Waals surface area contributed by atoms with Gasteiger partial charge in [-0.2, -0.15) is 0 Å². The number of ether oxygens (including phenoxy) is 1. The number of amides is 2. The lowest BCUT2D eigenvalue weighted by atomic mass is 10.2. The number of nitrogens with two attached hydrogens (primary N) is 1. The predicted octanol–water partition coefficient (Wildman–Crippen LogP) is 3.90. The Morgan fingerprint density at radius 2 is 1.75 bits per heavy atom. The van der Waals surface area contributed by atoms with Gasteiger partial charge >= 0.3 is 0 Å². The second-order valence-corrected chi connectivity index (χ2v) is 5.81. The molecule has 3 N–H and O–H groups in total. The molecule has 0 atom stereocenters. The third-order valence-corrected chi connectivity index (χ3v) is 3.87. The molecule has 5 nitrogen and oxygen atoms in total. The van der Waals surface area contributed by atoms with E-state index in [2.05, 4.69) is 5.32 Å². The molecule has 0 fully saturated rings. The van der Waals surface area contributed by atoms with Crippen LogP contribution in [-0.2, 0) is 4.79 Å². The summed E-state index contributed by atoms with van der Waals surface area (Å²) in [5.74, 6) is -2.10. The van der Waals surface area contributed by atoms with Crippen molar-refractivity contribution in [2.24, 2.45) is 5.73 Å². The molecular weight excluding hydrogens is 382 g/mol. The number of halogens is 4. The lowest BCUT2D eigenvalue weighted by Crippen LogP contribution is -2.21. The average Bonchev–Trinajstić information content (AvgIpc) is 2.51. The highest BCUT2D eigenvalue weighted by Gasteiger charge is 2.12. The molecular formula is C15H10Cl3FN2O3. The van der Waals surface area contributed by atoms with E-state index in [9.17, 15) is 14.0 Å². The van der Waals surface area contributed by atoms with Gasteiger partial charge in [0.2, 0.25) is 0 Å². The molecule has 0 aliphatic carbocycles. The van der Waals surface area contributed by atoms with Crippen LogP contribution >= 0.6 is 34.8 Å². The molecule has 0 bridgehead atoms. The Hall–Kier alpha value is -2.02. The molecule has 0 radical (unpaired) electrons. The normalized spacial score (nSPS) is 10.3. The molecule has 0 spiro atoms. The van der Waals surface area contributed by atoms with E-state index in [1.54, 1.807) is 0 Å². The number of carbonyl (C=O) groups excluding carboxylic acids is 2. The number of hydrogen-bond donors (Lipinski definition) is 2. The number of benzene rings is 2. The molecule has 9 heteroatoms. The first-order valence-electron chi connectivity index (χ1n) is 6.44. The van der Waals surface area contributed by atoms with Crippen LogP contribution in [0.15, 0.2) is 30.3 Å². The van der Waals surface area contributed by atoms with E-state index < -0.39 is 17.6 Å². The number of hydrogen-bond acceptors (Lipinski definition) is 3. The molecule has 0 aromatic heterocycles. The zero-order chi connectivity index (χ0) is 17.9. The molecule has 0 aliphatic heterocycles. The molecule has 0 saturated carbocycles. The van der Waals surface area contributed by atoms with Gasteiger partial charge in [0.25, 0.3) is 11.8 Å². The van der Waals surface area contributed by atoms with Crippen molar-refractivity contribution in [3.05, 3.63) is 56.8 Å². The molecule has 2 rings (SSSR count). The van der Waals surface area contributed by atoms with Crippen LogP contribution in [0.1, 0.15) is 10.4 Å². The first kappa shape index (κ1) is 18.3. The summed E-state index contributed by atoms with van der Waals surface area (Å²) in [7, 11) is 0. The Morgan fingerprint density at radius 3 is 2.42 bits per heavy atom. The number of carbonyl (C=O) groups is 2. The highest BCUT2D eigenvalue weighted by Crippen LogP contribution is 2.33. The monoisotopic (exact) mass is 390 g/mol. The molecule has 2 aromatic carbocycles. The number of anilines is 1. The SMILES string of the molecule is NC(=O)c1cc(NC(=O)COc2cc(Cl)c(Cl)cc2Cl)ccc1F. The van der Waals surface area contributed by atoms with Crippen molar-refractivity contribution in [2.75, 3.05) is 11.9 Å². The Balaban J connectivity index is 2.03. The second kappa shape index (κ2) is 7.70. The number of rotatable bonds is 5. The standard InChI is InChI=1S/C15H10Cl3FN2O3/c16-9-4-11(18)13(5-10(9)17)24-6-14(22)21-7-1-2-12(19)8(3-7)15(20)23/h1-5H,6H2,(H2,20,23)(H,21,22). The van der Waals surface area contributed by atoms with E-state index in [0.717, 1.165) is 12.1 Å². The molecule has 24 heavy (non-hydrogen) atoms. The molecule has 0 unspecified atom stereocenters. The maximum Gasteiger partial charge on any atom is 0.262 e. The summed E-state index contributed by atoms with van der Waals surface area (Å²) in [4.78, 5) is 22.9. The highest BCUT2D eigenvalue weighted by atomic mass is 35.5. The van der Waals surface area contributed by atoms with Crippen molar-refractivity contribution in [3.63, 3.8) is 0 Å². The lowest BCUT2D eigenvalue weighted by Gasteiger charge is -2.10. The van der Waals surface area contributed by atoms with E-state index >= 15 is 0 Å². The summed E-state index contributed by atoms with van der Waals surface area (Å²) in [6.07, 6.45) is 0. The van der Waals surface area contributed by atoms with Gasteiger partial charge in [0, 0.05) is 11.8 Å². The lowest BCUT2D eigenvalue weighted by molar-refractivity contribution is -0.118. The Labute approximate surface area is 151 Å². The van der Waals surface area contributed by atoms with Gasteiger partial charge in [0.05, 0.1) is 20.6 Å². The minimum atomic E-state index is -0.942. The zero-order valence-corrected chi connectivity index (χ0v) is 14.2. The summed E-state index contributed by atoms with van der Waals surface area (Å²) < 4.78 is 18.6. The van der Waals surface area contributed by atoms with E-state index in [0.29, 0.717) is 0 Å². The van der Waals surface area contributed by atoms with E-state index in [4.69, 9.17) is 45.3 Å². The average molecular weight is 392 g/mol. The van der Waals surface area contributed by atoms with Gasteiger partial charge in [0.15, 0.2) is 6.61 Å². The summed E-state index contributed by atoms with van der Waals surface area (Å²) in [6.45, 7) is -0.388. The van der Waals surface area contributed by atoms with Crippen molar-refractivity contribution in [1.82, 2.24) is 0 Å². The van der Waals surface area contributed by atoms with Crippen LogP contribution in [0.25, 0.3) is 0 Å². The number of nitrogens with one attached hydrogen (secondary N) is 1. The predicted molar refractivity (Wildman–Crippen MR) is 90.5 cm³/mol. The van der Waals surface area contributed by atoms with Gasteiger partial charge < -0.3 is 15.8 Å².